The maximum Gasteiger partial charge on any atom is 0.173 e. The molecule has 0 unspecified atom stereocenters. The Hall–Kier alpha value is -2.73. The van der Waals surface area contributed by atoms with E-state index in [4.69, 9.17) is 9.26 Å². The second kappa shape index (κ2) is 6.18. The van der Waals surface area contributed by atoms with Crippen LogP contribution in [-0.2, 0) is 6.61 Å². The van der Waals surface area contributed by atoms with Crippen LogP contribution in [0.4, 0.5) is 8.78 Å². The minimum Gasteiger partial charge on any atom is -0.497 e. The number of rotatable bonds is 4. The Labute approximate surface area is 130 Å². The van der Waals surface area contributed by atoms with Crippen molar-refractivity contribution in [3.63, 3.8) is 0 Å². The molecule has 6 heteroatoms. The fourth-order valence-electron chi connectivity index (χ4n) is 2.30. The van der Waals surface area contributed by atoms with Gasteiger partial charge in [-0.05, 0) is 42.5 Å². The van der Waals surface area contributed by atoms with Crippen molar-refractivity contribution in [2.24, 2.45) is 0 Å². The van der Waals surface area contributed by atoms with Gasteiger partial charge in [-0.1, -0.05) is 5.16 Å². The van der Waals surface area contributed by atoms with Crippen molar-refractivity contribution >= 4 is 0 Å². The van der Waals surface area contributed by atoms with Crippen LogP contribution in [0.1, 0.15) is 5.56 Å². The normalized spacial score (nSPS) is 10.8. The zero-order chi connectivity index (χ0) is 16.4. The van der Waals surface area contributed by atoms with E-state index in [1.807, 2.05) is 0 Å². The van der Waals surface area contributed by atoms with Crippen LogP contribution in [0.25, 0.3) is 22.6 Å². The molecule has 0 saturated carbocycles. The molecule has 23 heavy (non-hydrogen) atoms. The predicted octanol–water partition coefficient (Wildman–Crippen LogP) is 3.79. The number of aliphatic hydroxyl groups is 1. The molecule has 1 aromatic heterocycles. The Morgan fingerprint density at radius 2 is 1.74 bits per heavy atom. The number of methoxy groups -OCH3 is 1. The van der Waals surface area contributed by atoms with E-state index < -0.39 is 11.6 Å². The van der Waals surface area contributed by atoms with E-state index in [1.54, 1.807) is 31.4 Å². The summed E-state index contributed by atoms with van der Waals surface area (Å²) in [5.41, 5.74) is 1.86. The lowest BCUT2D eigenvalue weighted by atomic mass is 10.0. The quantitative estimate of drug-likeness (QED) is 0.795. The first kappa shape index (κ1) is 15.2. The maximum absolute atomic E-state index is 13.4. The first-order valence-corrected chi connectivity index (χ1v) is 6.83. The second-order valence-corrected chi connectivity index (χ2v) is 4.85. The number of hydrogen-bond acceptors (Lipinski definition) is 4. The van der Waals surface area contributed by atoms with E-state index in [1.165, 1.54) is 6.07 Å². The molecule has 0 atom stereocenters. The van der Waals surface area contributed by atoms with E-state index >= 15 is 0 Å². The van der Waals surface area contributed by atoms with E-state index in [0.717, 1.165) is 12.1 Å². The van der Waals surface area contributed by atoms with Crippen LogP contribution in [0.3, 0.4) is 0 Å². The summed E-state index contributed by atoms with van der Waals surface area (Å²) in [7, 11) is 1.56. The number of nitrogens with zero attached hydrogens (tertiary/aromatic N) is 1. The van der Waals surface area contributed by atoms with Gasteiger partial charge >= 0.3 is 0 Å². The summed E-state index contributed by atoms with van der Waals surface area (Å²) >= 11 is 0. The summed E-state index contributed by atoms with van der Waals surface area (Å²) in [6.07, 6.45) is 0. The van der Waals surface area contributed by atoms with Crippen LogP contribution in [-0.4, -0.2) is 17.4 Å². The first-order chi connectivity index (χ1) is 11.1. The maximum atomic E-state index is 13.4. The zero-order valence-electron chi connectivity index (χ0n) is 12.2. The average Bonchev–Trinajstić information content (AvgIpc) is 3.01. The second-order valence-electron chi connectivity index (χ2n) is 4.85. The molecule has 0 amide bonds. The van der Waals surface area contributed by atoms with Crippen molar-refractivity contribution in [1.29, 1.82) is 0 Å². The standard InChI is InChI=1S/C17H13F2NO3/c1-22-12-5-2-10(3-6-12)16-13(9-21)17(23-20-16)11-4-7-14(18)15(19)8-11/h2-8,21H,9H2,1H3. The van der Waals surface area contributed by atoms with E-state index in [0.29, 0.717) is 28.1 Å². The van der Waals surface area contributed by atoms with Gasteiger partial charge in [-0.25, -0.2) is 8.78 Å². The molecule has 0 radical (unpaired) electrons. The van der Waals surface area contributed by atoms with Crippen LogP contribution in [0, 0.1) is 11.6 Å². The Morgan fingerprint density at radius 1 is 1.04 bits per heavy atom. The predicted molar refractivity (Wildman–Crippen MR) is 79.8 cm³/mol. The molecule has 1 heterocycles. The lowest BCUT2D eigenvalue weighted by Gasteiger charge is -2.03. The molecule has 0 bridgehead atoms. The van der Waals surface area contributed by atoms with Crippen molar-refractivity contribution < 1.29 is 23.1 Å². The lowest BCUT2D eigenvalue weighted by molar-refractivity contribution is 0.281. The topological polar surface area (TPSA) is 55.5 Å². The van der Waals surface area contributed by atoms with Gasteiger partial charge in [-0.15, -0.1) is 0 Å². The van der Waals surface area contributed by atoms with Crippen molar-refractivity contribution in [2.75, 3.05) is 7.11 Å². The average molecular weight is 317 g/mol. The van der Waals surface area contributed by atoms with Crippen LogP contribution in [0.5, 0.6) is 5.75 Å². The fourth-order valence-corrected chi connectivity index (χ4v) is 2.30. The zero-order valence-corrected chi connectivity index (χ0v) is 12.2. The van der Waals surface area contributed by atoms with E-state index in [2.05, 4.69) is 5.16 Å². The molecule has 118 valence electrons. The molecule has 0 fully saturated rings. The first-order valence-electron chi connectivity index (χ1n) is 6.83. The van der Waals surface area contributed by atoms with Gasteiger partial charge in [0.05, 0.1) is 19.3 Å². The van der Waals surface area contributed by atoms with Crippen molar-refractivity contribution in [3.05, 3.63) is 59.7 Å². The van der Waals surface area contributed by atoms with Gasteiger partial charge in [0, 0.05) is 11.1 Å². The van der Waals surface area contributed by atoms with Gasteiger partial charge in [0.1, 0.15) is 11.4 Å². The summed E-state index contributed by atoms with van der Waals surface area (Å²) in [5, 5.41) is 13.6. The van der Waals surface area contributed by atoms with Gasteiger partial charge in [0.2, 0.25) is 0 Å². The number of aliphatic hydroxyl groups excluding tert-OH is 1. The van der Waals surface area contributed by atoms with Gasteiger partial charge in [0.15, 0.2) is 17.4 Å². The van der Waals surface area contributed by atoms with Crippen LogP contribution >= 0.6 is 0 Å². The van der Waals surface area contributed by atoms with E-state index in [-0.39, 0.29) is 12.4 Å². The monoisotopic (exact) mass is 317 g/mol. The van der Waals surface area contributed by atoms with Gasteiger partial charge in [-0.2, -0.15) is 0 Å². The third-order valence-electron chi connectivity index (χ3n) is 3.49. The number of aromatic nitrogens is 1. The molecule has 0 saturated heterocycles. The summed E-state index contributed by atoms with van der Waals surface area (Å²) < 4.78 is 36.8. The SMILES string of the molecule is COc1ccc(-c2noc(-c3ccc(F)c(F)c3)c2CO)cc1. The Balaban J connectivity index is 2.06. The minimum absolute atomic E-state index is 0.206. The third-order valence-corrected chi connectivity index (χ3v) is 3.49. The lowest BCUT2D eigenvalue weighted by Crippen LogP contribution is -1.91. The van der Waals surface area contributed by atoms with E-state index in [9.17, 15) is 13.9 Å². The highest BCUT2D eigenvalue weighted by Crippen LogP contribution is 2.33. The van der Waals surface area contributed by atoms with Crippen LogP contribution in [0.2, 0.25) is 0 Å². The Kier molecular flexibility index (Phi) is 4.08. The molecular weight excluding hydrogens is 304 g/mol. The van der Waals surface area contributed by atoms with Crippen molar-refractivity contribution in [2.45, 2.75) is 6.61 Å². The van der Waals surface area contributed by atoms with Gasteiger partial charge < -0.3 is 14.4 Å². The fraction of sp³-hybridized carbons (Fsp3) is 0.118. The molecule has 0 aliphatic heterocycles. The summed E-state index contributed by atoms with van der Waals surface area (Å²) in [5.74, 6) is -1.05. The highest BCUT2D eigenvalue weighted by Gasteiger charge is 2.19. The molecular formula is C17H13F2NO3. The smallest absolute Gasteiger partial charge is 0.173 e. The van der Waals surface area contributed by atoms with Crippen molar-refractivity contribution in [1.82, 2.24) is 5.16 Å². The summed E-state index contributed by atoms with van der Waals surface area (Å²) in [4.78, 5) is 0. The number of hydrogen-bond donors (Lipinski definition) is 1. The number of halogens is 2. The van der Waals surface area contributed by atoms with Gasteiger partial charge in [0.25, 0.3) is 0 Å². The summed E-state index contributed by atoms with van der Waals surface area (Å²) in [6.45, 7) is -0.348. The van der Waals surface area contributed by atoms with Gasteiger partial charge in [-0.3, -0.25) is 0 Å². The highest BCUT2D eigenvalue weighted by molar-refractivity contribution is 5.72. The third kappa shape index (κ3) is 2.80. The van der Waals surface area contributed by atoms with Crippen LogP contribution in [0.15, 0.2) is 47.0 Å². The van der Waals surface area contributed by atoms with Crippen LogP contribution < -0.4 is 4.74 Å². The molecule has 3 aromatic rings. The molecule has 2 aromatic carbocycles. The summed E-state index contributed by atoms with van der Waals surface area (Å²) in [6, 6.07) is 10.4. The molecule has 1 N–H and O–H groups in total. The Bertz CT molecular complexity index is 828. The Morgan fingerprint density at radius 3 is 2.35 bits per heavy atom. The molecule has 0 aliphatic carbocycles. The number of benzene rings is 2. The highest BCUT2D eigenvalue weighted by atomic mass is 19.2. The van der Waals surface area contributed by atoms with Crippen molar-refractivity contribution in [3.8, 4) is 28.3 Å². The molecule has 0 aliphatic rings. The molecule has 0 spiro atoms. The minimum atomic E-state index is -0.992. The molecule has 3 rings (SSSR count). The largest absolute Gasteiger partial charge is 0.497 e. The number of ether oxygens (including phenoxy) is 1. The molecule has 4 nitrogen and oxygen atoms in total.